The number of rotatable bonds is 5. The van der Waals surface area contributed by atoms with Crippen LogP contribution in [-0.2, 0) is 6.18 Å². The Hall–Kier alpha value is -4.45. The predicted molar refractivity (Wildman–Crippen MR) is 125 cm³/mol. The fourth-order valence-corrected chi connectivity index (χ4v) is 4.06. The van der Waals surface area contributed by atoms with Gasteiger partial charge in [0, 0.05) is 35.2 Å². The van der Waals surface area contributed by atoms with Gasteiger partial charge in [0.1, 0.15) is 23.0 Å². The number of hydrogen-bond donors (Lipinski definition) is 1. The molecule has 7 nitrogen and oxygen atoms in total. The summed E-state index contributed by atoms with van der Waals surface area (Å²) >= 11 is 0.790. The average molecular weight is 510 g/mol. The Morgan fingerprint density at radius 1 is 0.972 bits per heavy atom. The summed E-state index contributed by atoms with van der Waals surface area (Å²) in [4.78, 5) is 21.0. The molecule has 3 aromatic heterocycles. The smallest absolute Gasteiger partial charge is 0.306 e. The summed E-state index contributed by atoms with van der Waals surface area (Å²) in [5.41, 5.74) is 0.488. The normalized spacial score (nSPS) is 11.4. The van der Waals surface area contributed by atoms with Gasteiger partial charge in [-0.05, 0) is 66.1 Å². The van der Waals surface area contributed by atoms with Gasteiger partial charge in [-0.25, -0.2) is 14.1 Å². The van der Waals surface area contributed by atoms with Crippen molar-refractivity contribution in [2.24, 2.45) is 0 Å². The van der Waals surface area contributed by atoms with Crippen LogP contribution in [0.15, 0.2) is 79.4 Å². The average Bonchev–Trinajstić information content (AvgIpc) is 3.55. The number of carbonyl (C=O) groups excluding carboxylic acids is 1. The summed E-state index contributed by atoms with van der Waals surface area (Å²) < 4.78 is 59.4. The lowest BCUT2D eigenvalue weighted by Crippen LogP contribution is -2.16. The Morgan fingerprint density at radius 3 is 2.39 bits per heavy atom. The summed E-state index contributed by atoms with van der Waals surface area (Å²) in [5.74, 6) is -0.880. The number of amides is 1. The highest BCUT2D eigenvalue weighted by atomic mass is 32.1. The lowest BCUT2D eigenvalue weighted by atomic mass is 10.0. The maximum absolute atomic E-state index is 13.6. The molecule has 12 heteroatoms. The van der Waals surface area contributed by atoms with E-state index in [9.17, 15) is 22.4 Å². The third-order valence-electron chi connectivity index (χ3n) is 5.18. The van der Waals surface area contributed by atoms with E-state index in [0.29, 0.717) is 11.4 Å². The third kappa shape index (κ3) is 4.70. The van der Waals surface area contributed by atoms with Crippen molar-refractivity contribution >= 4 is 23.3 Å². The number of hydrogen-bond acceptors (Lipinski definition) is 6. The van der Waals surface area contributed by atoms with E-state index in [-0.39, 0.29) is 22.0 Å². The van der Waals surface area contributed by atoms with Crippen LogP contribution in [0, 0.1) is 5.82 Å². The van der Waals surface area contributed by atoms with Crippen LogP contribution < -0.4 is 5.32 Å². The summed E-state index contributed by atoms with van der Waals surface area (Å²) in [6.07, 6.45) is -0.325. The minimum Gasteiger partial charge on any atom is -0.306 e. The van der Waals surface area contributed by atoms with Crippen molar-refractivity contribution in [1.29, 1.82) is 0 Å². The van der Waals surface area contributed by atoms with Crippen LogP contribution in [0.3, 0.4) is 0 Å². The van der Waals surface area contributed by atoms with Crippen molar-refractivity contribution in [3.05, 3.63) is 96.3 Å². The molecule has 0 unspecified atom stereocenters. The quantitative estimate of drug-likeness (QED) is 0.299. The van der Waals surface area contributed by atoms with Gasteiger partial charge in [0.2, 0.25) is 0 Å². The van der Waals surface area contributed by atoms with Gasteiger partial charge in [0.05, 0.1) is 16.9 Å². The van der Waals surface area contributed by atoms with Crippen molar-refractivity contribution < 1.29 is 22.4 Å². The molecule has 0 spiro atoms. The number of halogens is 4. The highest BCUT2D eigenvalue weighted by molar-refractivity contribution is 7.09. The van der Waals surface area contributed by atoms with Crippen LogP contribution in [0.25, 0.3) is 27.5 Å². The second kappa shape index (κ2) is 9.30. The number of anilines is 1. The first-order valence-corrected chi connectivity index (χ1v) is 11.1. The summed E-state index contributed by atoms with van der Waals surface area (Å²) in [5, 5.41) is 7.25. The van der Waals surface area contributed by atoms with E-state index >= 15 is 0 Å². The van der Waals surface area contributed by atoms with Crippen LogP contribution in [0.4, 0.5) is 23.4 Å². The van der Waals surface area contributed by atoms with Crippen molar-refractivity contribution in [1.82, 2.24) is 24.1 Å². The predicted octanol–water partition coefficient (Wildman–Crippen LogP) is 5.86. The molecule has 0 saturated carbocycles. The van der Waals surface area contributed by atoms with Crippen LogP contribution in [-0.4, -0.2) is 30.0 Å². The van der Waals surface area contributed by atoms with Gasteiger partial charge < -0.3 is 5.32 Å². The molecule has 1 N–H and O–H groups in total. The molecule has 0 saturated heterocycles. The fourth-order valence-electron chi connectivity index (χ4n) is 3.50. The first kappa shape index (κ1) is 23.3. The van der Waals surface area contributed by atoms with Crippen LogP contribution >= 0.6 is 11.5 Å². The minimum atomic E-state index is -4.64. The summed E-state index contributed by atoms with van der Waals surface area (Å²) in [6.45, 7) is 0. The molecule has 0 bridgehead atoms. The lowest BCUT2D eigenvalue weighted by Gasteiger charge is -2.13. The molecule has 36 heavy (non-hydrogen) atoms. The molecule has 0 aliphatic heterocycles. The number of nitrogens with zero attached hydrogens (tertiary/aromatic N) is 5. The largest absolute Gasteiger partial charge is 0.417 e. The van der Waals surface area contributed by atoms with Crippen LogP contribution in [0.2, 0.25) is 0 Å². The van der Waals surface area contributed by atoms with Gasteiger partial charge in [-0.15, -0.1) is 0 Å². The summed E-state index contributed by atoms with van der Waals surface area (Å²) in [7, 11) is 0. The van der Waals surface area contributed by atoms with Crippen molar-refractivity contribution in [2.75, 3.05) is 5.32 Å². The highest BCUT2D eigenvalue weighted by Crippen LogP contribution is 2.38. The molecule has 5 rings (SSSR count). The molecular formula is C24H14F4N6OS. The number of pyridine rings is 1. The van der Waals surface area contributed by atoms with E-state index in [0.717, 1.165) is 41.6 Å². The Balaban J connectivity index is 1.54. The molecule has 1 amide bonds. The minimum absolute atomic E-state index is 0.0227. The zero-order valence-corrected chi connectivity index (χ0v) is 18.9. The van der Waals surface area contributed by atoms with Crippen molar-refractivity contribution in [3.63, 3.8) is 0 Å². The Morgan fingerprint density at radius 2 is 1.72 bits per heavy atom. The van der Waals surface area contributed by atoms with E-state index in [1.807, 2.05) is 0 Å². The van der Waals surface area contributed by atoms with E-state index in [1.165, 1.54) is 28.9 Å². The van der Waals surface area contributed by atoms with Gasteiger partial charge in [-0.2, -0.15) is 22.6 Å². The lowest BCUT2D eigenvalue weighted by molar-refractivity contribution is -0.137. The number of benzene rings is 2. The molecule has 180 valence electrons. The molecule has 0 aliphatic rings. The zero-order chi connectivity index (χ0) is 25.3. The van der Waals surface area contributed by atoms with Crippen molar-refractivity contribution in [3.8, 4) is 27.5 Å². The standard InChI is InChI=1S/C24H14F4N6OS/c25-16-2-4-17(5-3-16)34-21(12-20(33-34)14-7-9-29-10-8-14)32-22(35)15-1-6-19(24(26,27)28)18(11-15)23-30-13-31-36-23/h1-13H,(H,32,35). The topological polar surface area (TPSA) is 85.6 Å². The molecule has 0 atom stereocenters. The Bertz CT molecular complexity index is 1520. The van der Waals surface area contributed by atoms with Gasteiger partial charge in [-0.1, -0.05) is 0 Å². The van der Waals surface area contributed by atoms with E-state index in [1.54, 1.807) is 30.6 Å². The highest BCUT2D eigenvalue weighted by Gasteiger charge is 2.35. The first-order valence-electron chi connectivity index (χ1n) is 10.4. The molecule has 5 aromatic rings. The van der Waals surface area contributed by atoms with Gasteiger partial charge >= 0.3 is 6.18 Å². The van der Waals surface area contributed by atoms with Gasteiger partial charge in [0.15, 0.2) is 0 Å². The summed E-state index contributed by atoms with van der Waals surface area (Å²) in [6, 6.07) is 13.6. The second-order valence-corrected chi connectivity index (χ2v) is 8.28. The number of nitrogens with one attached hydrogen (secondary N) is 1. The van der Waals surface area contributed by atoms with E-state index in [4.69, 9.17) is 0 Å². The molecular weight excluding hydrogens is 496 g/mol. The van der Waals surface area contributed by atoms with Crippen LogP contribution in [0.5, 0.6) is 0 Å². The van der Waals surface area contributed by atoms with E-state index in [2.05, 4.69) is 24.8 Å². The molecule has 3 heterocycles. The maximum Gasteiger partial charge on any atom is 0.417 e. The third-order valence-corrected chi connectivity index (χ3v) is 5.88. The molecule has 0 aliphatic carbocycles. The number of aromatic nitrogens is 5. The van der Waals surface area contributed by atoms with Gasteiger partial charge in [0.25, 0.3) is 5.91 Å². The maximum atomic E-state index is 13.6. The van der Waals surface area contributed by atoms with Crippen molar-refractivity contribution in [2.45, 2.75) is 6.18 Å². The molecule has 0 fully saturated rings. The second-order valence-electron chi connectivity index (χ2n) is 7.50. The molecule has 0 radical (unpaired) electrons. The molecule has 2 aromatic carbocycles. The number of carbonyl (C=O) groups is 1. The SMILES string of the molecule is O=C(Nc1cc(-c2ccncc2)nn1-c1ccc(F)cc1)c1ccc(C(F)(F)F)c(-c2ncns2)c1. The first-order chi connectivity index (χ1) is 17.3. The Labute approximate surface area is 205 Å². The van der Waals surface area contributed by atoms with Crippen LogP contribution in [0.1, 0.15) is 15.9 Å². The van der Waals surface area contributed by atoms with E-state index < -0.39 is 23.5 Å². The Kier molecular flexibility index (Phi) is 6.02. The fraction of sp³-hybridized carbons (Fsp3) is 0.0417. The number of alkyl halides is 3. The zero-order valence-electron chi connectivity index (χ0n) is 18.1. The monoisotopic (exact) mass is 510 g/mol. The van der Waals surface area contributed by atoms with Gasteiger partial charge in [-0.3, -0.25) is 9.78 Å².